The summed E-state index contributed by atoms with van der Waals surface area (Å²) in [6, 6.07) is 5.09. The predicted molar refractivity (Wildman–Crippen MR) is 167 cm³/mol. The first-order valence-electron chi connectivity index (χ1n) is 14.6. The Balaban J connectivity index is 2.85. The SMILES string of the molecule is CCCN(CCN(CCC)C(CCC(=O)NCc1cc(C(=N)N)c[c]([Sn]([CH3])([CH3])[CH3])c1)C(=O)O)CC(=O)OC(C)(C)C. The molecule has 0 heterocycles. The van der Waals surface area contributed by atoms with Gasteiger partial charge in [-0.15, -0.1) is 0 Å². The number of benzene rings is 1. The summed E-state index contributed by atoms with van der Waals surface area (Å²) >= 11 is -2.44. The summed E-state index contributed by atoms with van der Waals surface area (Å²) in [4.78, 5) is 48.2. The van der Waals surface area contributed by atoms with Crippen molar-refractivity contribution in [2.45, 2.75) is 93.3 Å². The Labute approximate surface area is 250 Å². The number of ether oxygens (including phenoxy) is 1. The molecule has 1 rings (SSSR count). The summed E-state index contributed by atoms with van der Waals surface area (Å²) in [6.07, 6.45) is 1.88. The molecule has 0 aliphatic rings. The topological polar surface area (TPSA) is 149 Å². The molecule has 1 unspecified atom stereocenters. The van der Waals surface area contributed by atoms with Crippen molar-refractivity contribution >= 4 is 45.6 Å². The van der Waals surface area contributed by atoms with Crippen molar-refractivity contribution in [3.63, 3.8) is 0 Å². The number of aliphatic carboxylic acids is 1. The standard InChI is InChI=1S/C27H44N5O5.3CH3.Sn/c1-6-13-31(19-24(34)37-27(3,4)5)15-16-32(14-7-2)22(26(35)36)11-12-23(33)30-18-20-9-8-10-21(17-20)25(28)29;;;;/h9-10,17,22H,6-7,11-16,18-19H2,1-5H3,(H3,28,29)(H,30,33)(H,35,36);3*1H3;. The van der Waals surface area contributed by atoms with Gasteiger partial charge in [0.2, 0.25) is 0 Å². The Morgan fingerprint density at radius 1 is 1.05 bits per heavy atom. The predicted octanol–water partition coefficient (Wildman–Crippen LogP) is 3.13. The van der Waals surface area contributed by atoms with E-state index in [2.05, 4.69) is 26.2 Å². The minimum Gasteiger partial charge on any atom is -0.459 e. The Hall–Kier alpha value is -2.18. The first-order chi connectivity index (χ1) is 19.0. The van der Waals surface area contributed by atoms with Crippen molar-refractivity contribution < 1.29 is 24.2 Å². The number of nitrogen functional groups attached to an aromatic ring is 1. The van der Waals surface area contributed by atoms with Gasteiger partial charge in [0.1, 0.15) is 5.60 Å². The average molecular weight is 682 g/mol. The van der Waals surface area contributed by atoms with Crippen molar-refractivity contribution in [2.75, 3.05) is 32.7 Å². The van der Waals surface area contributed by atoms with E-state index in [1.54, 1.807) is 0 Å². The maximum Gasteiger partial charge on any atom is 0.320 e. The van der Waals surface area contributed by atoms with Crippen LogP contribution in [0.25, 0.3) is 0 Å². The van der Waals surface area contributed by atoms with Crippen molar-refractivity contribution in [1.82, 2.24) is 15.1 Å². The molecule has 0 fully saturated rings. The zero-order valence-electron chi connectivity index (χ0n) is 26.4. The molecule has 1 atom stereocenters. The quantitative estimate of drug-likeness (QED) is 0.0800. The van der Waals surface area contributed by atoms with Gasteiger partial charge >= 0.3 is 177 Å². The first kappa shape index (κ1) is 36.8. The van der Waals surface area contributed by atoms with Crippen LogP contribution in [-0.2, 0) is 25.7 Å². The van der Waals surface area contributed by atoms with Crippen LogP contribution in [0, 0.1) is 5.41 Å². The summed E-state index contributed by atoms with van der Waals surface area (Å²) < 4.78 is 6.69. The second-order valence-corrected chi connectivity index (χ2v) is 27.1. The number of amidine groups is 1. The third kappa shape index (κ3) is 14.5. The van der Waals surface area contributed by atoms with E-state index in [1.165, 1.54) is 3.58 Å². The van der Waals surface area contributed by atoms with Gasteiger partial charge < -0.3 is 4.74 Å². The Morgan fingerprint density at radius 2 is 1.68 bits per heavy atom. The van der Waals surface area contributed by atoms with Crippen molar-refractivity contribution in [3.05, 3.63) is 29.3 Å². The van der Waals surface area contributed by atoms with Crippen LogP contribution in [0.4, 0.5) is 0 Å². The van der Waals surface area contributed by atoms with Crippen molar-refractivity contribution in [2.24, 2.45) is 5.73 Å². The largest absolute Gasteiger partial charge is 0.459 e. The molecule has 0 aliphatic carbocycles. The van der Waals surface area contributed by atoms with Crippen LogP contribution >= 0.6 is 0 Å². The second kappa shape index (κ2) is 17.1. The Bertz CT molecular complexity index is 1040. The van der Waals surface area contributed by atoms with E-state index in [1.807, 2.05) is 56.6 Å². The zero-order chi connectivity index (χ0) is 31.4. The van der Waals surface area contributed by atoms with E-state index < -0.39 is 36.0 Å². The molecule has 41 heavy (non-hydrogen) atoms. The first-order valence-corrected chi connectivity index (χ1v) is 24.6. The molecular formula is C30H53N5O5Sn. The normalized spacial score (nSPS) is 12.8. The number of hydrogen-bond acceptors (Lipinski definition) is 7. The molecule has 1 aromatic carbocycles. The number of nitrogens with one attached hydrogen (secondary N) is 2. The molecule has 232 valence electrons. The van der Waals surface area contributed by atoms with E-state index in [0.29, 0.717) is 38.3 Å². The molecule has 0 spiro atoms. The number of rotatable bonds is 18. The summed E-state index contributed by atoms with van der Waals surface area (Å²) in [6.45, 7) is 12.2. The zero-order valence-corrected chi connectivity index (χ0v) is 29.3. The van der Waals surface area contributed by atoms with Crippen molar-refractivity contribution in [1.29, 1.82) is 5.41 Å². The second-order valence-electron chi connectivity index (χ2n) is 12.7. The minimum atomic E-state index is -2.44. The molecule has 0 aliphatic heterocycles. The van der Waals surface area contributed by atoms with Crippen LogP contribution in [0.5, 0.6) is 0 Å². The fourth-order valence-electron chi connectivity index (χ4n) is 4.52. The van der Waals surface area contributed by atoms with Crippen LogP contribution < -0.4 is 14.6 Å². The van der Waals surface area contributed by atoms with Gasteiger partial charge in [-0.3, -0.25) is 9.69 Å². The molecule has 0 bridgehead atoms. The van der Waals surface area contributed by atoms with Crippen LogP contribution in [-0.4, -0.2) is 101 Å². The average Bonchev–Trinajstić information content (AvgIpc) is 2.83. The molecule has 11 heteroatoms. The van der Waals surface area contributed by atoms with E-state index in [-0.39, 0.29) is 37.1 Å². The maximum absolute atomic E-state index is 12.8. The van der Waals surface area contributed by atoms with Gasteiger partial charge in [-0.1, -0.05) is 13.8 Å². The fourth-order valence-corrected chi connectivity index (χ4v) is 7.97. The number of hydrogen-bond donors (Lipinski definition) is 4. The maximum atomic E-state index is 12.8. The van der Waals surface area contributed by atoms with Crippen LogP contribution in [0.2, 0.25) is 14.8 Å². The number of carbonyl (C=O) groups excluding carboxylic acids is 2. The van der Waals surface area contributed by atoms with Gasteiger partial charge in [-0.2, -0.15) is 0 Å². The summed E-state index contributed by atoms with van der Waals surface area (Å²) in [5.41, 5.74) is 6.73. The monoisotopic (exact) mass is 683 g/mol. The van der Waals surface area contributed by atoms with Gasteiger partial charge in [0, 0.05) is 0 Å². The number of carboxylic acids is 1. The molecule has 10 nitrogen and oxygen atoms in total. The van der Waals surface area contributed by atoms with Gasteiger partial charge in [0.05, 0.1) is 6.54 Å². The number of nitrogens with zero attached hydrogens (tertiary/aromatic N) is 2. The third-order valence-electron chi connectivity index (χ3n) is 6.56. The Morgan fingerprint density at radius 3 is 2.20 bits per heavy atom. The van der Waals surface area contributed by atoms with Gasteiger partial charge in [0.25, 0.3) is 0 Å². The molecule has 0 aromatic heterocycles. The minimum absolute atomic E-state index is 0.00104. The fraction of sp³-hybridized carbons (Fsp3) is 0.667. The van der Waals surface area contributed by atoms with Crippen molar-refractivity contribution in [3.8, 4) is 0 Å². The molecule has 0 radical (unpaired) electrons. The number of esters is 1. The molecule has 0 saturated heterocycles. The number of carbonyl (C=O) groups is 3. The van der Waals surface area contributed by atoms with Gasteiger partial charge in [-0.05, 0) is 33.7 Å². The third-order valence-corrected chi connectivity index (χ3v) is 12.3. The number of amides is 1. The van der Waals surface area contributed by atoms with E-state index >= 15 is 0 Å². The molecule has 1 amide bonds. The molecule has 0 saturated carbocycles. The summed E-state index contributed by atoms with van der Waals surface area (Å²) in [5.74, 6) is -1.48. The van der Waals surface area contributed by atoms with Crippen LogP contribution in [0.15, 0.2) is 18.2 Å². The summed E-state index contributed by atoms with van der Waals surface area (Å²) in [7, 11) is 0. The van der Waals surface area contributed by atoms with Crippen LogP contribution in [0.3, 0.4) is 0 Å². The summed E-state index contributed by atoms with van der Waals surface area (Å²) in [5, 5.41) is 20.8. The van der Waals surface area contributed by atoms with Crippen LogP contribution in [0.1, 0.15) is 71.4 Å². The number of nitrogens with two attached hydrogens (primary N) is 1. The van der Waals surface area contributed by atoms with E-state index in [4.69, 9.17) is 15.9 Å². The molecule has 5 N–H and O–H groups in total. The molecular weight excluding hydrogens is 629 g/mol. The smallest absolute Gasteiger partial charge is 0.320 e. The molecule has 1 aromatic rings. The number of carboxylic acid groups (broad SMARTS) is 1. The van der Waals surface area contributed by atoms with E-state index in [0.717, 1.165) is 18.4 Å². The van der Waals surface area contributed by atoms with E-state index in [9.17, 15) is 19.5 Å². The van der Waals surface area contributed by atoms with Gasteiger partial charge in [-0.25, -0.2) is 0 Å². The Kier molecular flexibility index (Phi) is 15.3. The van der Waals surface area contributed by atoms with Gasteiger partial charge in [0.15, 0.2) is 0 Å².